The Morgan fingerprint density at radius 1 is 0.692 bits per heavy atom. The van der Waals surface area contributed by atoms with Crippen molar-refractivity contribution in [2.24, 2.45) is 15.0 Å². The van der Waals surface area contributed by atoms with Crippen molar-refractivity contribution < 1.29 is 5.21 Å². The summed E-state index contributed by atoms with van der Waals surface area (Å²) in [5.74, 6) is 0. The summed E-state index contributed by atoms with van der Waals surface area (Å²) in [6.07, 6.45) is 11.7. The van der Waals surface area contributed by atoms with Gasteiger partial charge >= 0.3 is 0 Å². The summed E-state index contributed by atoms with van der Waals surface area (Å²) in [5.41, 5.74) is 20.4. The quantitative estimate of drug-likeness (QED) is 0.344. The van der Waals surface area contributed by atoms with E-state index in [9.17, 15) is 5.21 Å². The minimum Gasteiger partial charge on any atom is -0.355 e. The molecule has 0 saturated heterocycles. The van der Waals surface area contributed by atoms with Crippen molar-refractivity contribution in [3.8, 4) is 0 Å². The molecule has 8 bridgehead atoms. The molecule has 0 unspecified atom stereocenters. The molecule has 0 fully saturated rings. The van der Waals surface area contributed by atoms with Crippen LogP contribution in [0.3, 0.4) is 0 Å². The summed E-state index contributed by atoms with van der Waals surface area (Å²) >= 11 is 0. The fourth-order valence-corrected chi connectivity index (χ4v) is 6.32. The Bertz CT molecular complexity index is 1590. The highest BCUT2D eigenvalue weighted by molar-refractivity contribution is 6.36. The predicted molar refractivity (Wildman–Crippen MR) is 163 cm³/mol. The van der Waals surface area contributed by atoms with Crippen LogP contribution in [-0.2, 0) is 6.42 Å². The Hall–Kier alpha value is -3.77. The van der Waals surface area contributed by atoms with E-state index < -0.39 is 0 Å². The van der Waals surface area contributed by atoms with Gasteiger partial charge in [0.1, 0.15) is 0 Å². The van der Waals surface area contributed by atoms with Crippen LogP contribution in [0, 0.1) is 6.92 Å². The summed E-state index contributed by atoms with van der Waals surface area (Å²) < 4.78 is 0. The lowest BCUT2D eigenvalue weighted by molar-refractivity contribution is 0.214. The number of allylic oxidation sites excluding steroid dienone is 8. The van der Waals surface area contributed by atoms with Gasteiger partial charge in [0.25, 0.3) is 0 Å². The number of hydrogen-bond acceptors (Lipinski definition) is 5. The number of aliphatic imine (C=N–C) groups is 3. The molecule has 0 spiro atoms. The van der Waals surface area contributed by atoms with E-state index in [1.165, 1.54) is 33.4 Å². The lowest BCUT2D eigenvalue weighted by Gasteiger charge is -2.10. The largest absolute Gasteiger partial charge is 0.355 e. The molecule has 0 saturated carbocycles. The van der Waals surface area contributed by atoms with Gasteiger partial charge in [-0.3, -0.25) is 10.7 Å². The summed E-state index contributed by atoms with van der Waals surface area (Å²) in [5, 5.41) is 9.84. The average Bonchev–Trinajstić information content (AvgIpc) is 3.59. The standard InChI is InChI=1S/C33H39N5O/c1-9-21-17(5)26-13-27-18(6)22(10-2)29(36-27)15-31-24(12-4)20(8)33(38-31)25(16-34-39)32-19(7)23(11-3)30(37-32)14-28(21)35-26/h13-16,34-35,39H,9-12H2,1-8H3/b25-16+,27-13?,30-14?,31-15?. The Morgan fingerprint density at radius 2 is 1.26 bits per heavy atom. The lowest BCUT2D eigenvalue weighted by Crippen LogP contribution is -2.16. The van der Waals surface area contributed by atoms with E-state index >= 15 is 0 Å². The predicted octanol–water partition coefficient (Wildman–Crippen LogP) is 7.87. The first kappa shape index (κ1) is 26.8. The number of aromatic amines is 1. The molecule has 1 aromatic heterocycles. The smallest absolute Gasteiger partial charge is 0.0779 e. The molecular formula is C33H39N5O. The average molecular weight is 522 g/mol. The zero-order valence-corrected chi connectivity index (χ0v) is 24.4. The van der Waals surface area contributed by atoms with Crippen molar-refractivity contribution in [2.75, 3.05) is 0 Å². The van der Waals surface area contributed by atoms with Gasteiger partial charge in [-0.15, -0.1) is 0 Å². The molecule has 5 rings (SSSR count). The number of nitrogens with zero attached hydrogens (tertiary/aromatic N) is 3. The third kappa shape index (κ3) is 4.27. The second kappa shape index (κ2) is 10.4. The number of aromatic nitrogens is 1. The van der Waals surface area contributed by atoms with Gasteiger partial charge < -0.3 is 4.98 Å². The van der Waals surface area contributed by atoms with Crippen molar-refractivity contribution in [3.63, 3.8) is 0 Å². The van der Waals surface area contributed by atoms with Gasteiger partial charge in [-0.1, -0.05) is 27.7 Å². The maximum Gasteiger partial charge on any atom is 0.0779 e. The second-order valence-electron chi connectivity index (χ2n) is 10.5. The Morgan fingerprint density at radius 3 is 1.79 bits per heavy atom. The van der Waals surface area contributed by atoms with E-state index in [0.717, 1.165) is 88.0 Å². The first-order chi connectivity index (χ1) is 18.8. The number of H-pyrrole nitrogens is 1. The Kier molecular flexibility index (Phi) is 7.17. The van der Waals surface area contributed by atoms with Crippen molar-refractivity contribution >= 4 is 29.3 Å². The van der Waals surface area contributed by atoms with Gasteiger partial charge in [0.05, 0.1) is 34.2 Å². The maximum absolute atomic E-state index is 9.84. The van der Waals surface area contributed by atoms with Crippen molar-refractivity contribution in [1.82, 2.24) is 10.5 Å². The van der Waals surface area contributed by atoms with Crippen molar-refractivity contribution in [1.29, 1.82) is 0 Å². The molecular weight excluding hydrogens is 482 g/mol. The van der Waals surface area contributed by atoms with Crippen LogP contribution in [-0.4, -0.2) is 27.3 Å². The monoisotopic (exact) mass is 521 g/mol. The summed E-state index contributed by atoms with van der Waals surface area (Å²) in [6.45, 7) is 17.3. The fraction of sp³-hybridized carbons (Fsp3) is 0.364. The van der Waals surface area contributed by atoms with Gasteiger partial charge in [0, 0.05) is 23.2 Å². The van der Waals surface area contributed by atoms with Crippen molar-refractivity contribution in [3.05, 3.63) is 90.9 Å². The SMILES string of the molecule is CCC1=C(C)C2=NC1=CC1=NC(=Cc3[nH]c(c(CC)c3C)C=C3N=C(C(C)=C3CC)/C2=C\NO)C(C)=C1CC. The molecule has 0 aromatic carbocycles. The highest BCUT2D eigenvalue weighted by Crippen LogP contribution is 2.39. The van der Waals surface area contributed by atoms with Crippen LogP contribution in [0.2, 0.25) is 0 Å². The molecule has 5 heterocycles. The topological polar surface area (TPSA) is 85.1 Å². The van der Waals surface area contributed by atoms with Gasteiger partial charge in [0.2, 0.25) is 0 Å². The molecule has 6 nitrogen and oxygen atoms in total. The number of hydroxylamine groups is 1. The van der Waals surface area contributed by atoms with Crippen LogP contribution >= 0.6 is 0 Å². The van der Waals surface area contributed by atoms with Crippen LogP contribution < -0.4 is 5.48 Å². The van der Waals surface area contributed by atoms with Gasteiger partial charge in [-0.05, 0) is 116 Å². The lowest BCUT2D eigenvalue weighted by atomic mass is 9.92. The van der Waals surface area contributed by atoms with E-state index in [1.807, 2.05) is 0 Å². The maximum atomic E-state index is 9.84. The normalized spacial score (nSPS) is 20.0. The minimum absolute atomic E-state index is 0.791. The first-order valence-corrected chi connectivity index (χ1v) is 14.1. The van der Waals surface area contributed by atoms with E-state index in [4.69, 9.17) is 15.0 Å². The number of fused-ring (bicyclic) bond motifs is 5. The molecule has 6 heteroatoms. The van der Waals surface area contributed by atoms with E-state index in [1.54, 1.807) is 6.20 Å². The molecule has 3 N–H and O–H groups in total. The molecule has 39 heavy (non-hydrogen) atoms. The van der Waals surface area contributed by atoms with Gasteiger partial charge in [-0.2, -0.15) is 0 Å². The molecule has 0 amide bonds. The Labute approximate surface area is 231 Å². The van der Waals surface area contributed by atoms with Crippen LogP contribution in [0.15, 0.2) is 83.4 Å². The highest BCUT2D eigenvalue weighted by atomic mass is 16.5. The highest BCUT2D eigenvalue weighted by Gasteiger charge is 2.31. The molecule has 202 valence electrons. The van der Waals surface area contributed by atoms with Crippen LogP contribution in [0.5, 0.6) is 0 Å². The molecule has 4 aliphatic rings. The first-order valence-electron chi connectivity index (χ1n) is 14.1. The molecule has 1 aromatic rings. The van der Waals surface area contributed by atoms with Gasteiger partial charge in [-0.25, -0.2) is 15.0 Å². The van der Waals surface area contributed by atoms with Crippen LogP contribution in [0.25, 0.3) is 12.2 Å². The second-order valence-corrected chi connectivity index (χ2v) is 10.5. The van der Waals surface area contributed by atoms with E-state index in [2.05, 4.69) is 84.1 Å². The molecule has 0 atom stereocenters. The van der Waals surface area contributed by atoms with E-state index in [0.29, 0.717) is 0 Å². The van der Waals surface area contributed by atoms with Crippen LogP contribution in [0.4, 0.5) is 0 Å². The number of nitrogens with one attached hydrogen (secondary N) is 2. The fourth-order valence-electron chi connectivity index (χ4n) is 6.32. The third-order valence-electron chi connectivity index (χ3n) is 8.51. The molecule has 4 aliphatic heterocycles. The third-order valence-corrected chi connectivity index (χ3v) is 8.51. The molecule has 0 aliphatic carbocycles. The summed E-state index contributed by atoms with van der Waals surface area (Å²) in [7, 11) is 0. The minimum atomic E-state index is 0.791. The van der Waals surface area contributed by atoms with Crippen LogP contribution in [0.1, 0.15) is 90.2 Å². The van der Waals surface area contributed by atoms with E-state index in [-0.39, 0.29) is 0 Å². The van der Waals surface area contributed by atoms with Gasteiger partial charge in [0.15, 0.2) is 0 Å². The number of rotatable bonds is 5. The summed E-state index contributed by atoms with van der Waals surface area (Å²) in [4.78, 5) is 19.1. The summed E-state index contributed by atoms with van der Waals surface area (Å²) in [6, 6.07) is 0. The van der Waals surface area contributed by atoms with Crippen molar-refractivity contribution in [2.45, 2.75) is 81.1 Å². The zero-order chi connectivity index (χ0) is 28.0. The Balaban J connectivity index is 1.87. The number of hydrogen-bond donors (Lipinski definition) is 3. The zero-order valence-electron chi connectivity index (χ0n) is 24.4. The molecule has 0 radical (unpaired) electrons.